The van der Waals surface area contributed by atoms with Crippen LogP contribution in [0.5, 0.6) is 0 Å². The maximum atomic E-state index is 12.7. The van der Waals surface area contributed by atoms with E-state index in [1.54, 1.807) is 30.0 Å². The quantitative estimate of drug-likeness (QED) is 0.493. The summed E-state index contributed by atoms with van der Waals surface area (Å²) in [6.07, 6.45) is 5.13. The standard InChI is InChI=1S/C22H22N2O4/c1-4-8-14(5-2)21(26)24-12-11-15-16-9-7-10-17(22(27)28-6-3)19(16)23-20(25)18(15)13-24/h4-5,7-10H,1-2,6,11-13H2,3H3,(H,23,25)/b14-8+. The van der Waals surface area contributed by atoms with E-state index in [-0.39, 0.29) is 24.6 Å². The van der Waals surface area contributed by atoms with E-state index < -0.39 is 5.97 Å². The normalized spacial score (nSPS) is 13.8. The highest BCUT2D eigenvalue weighted by atomic mass is 16.5. The molecule has 1 N–H and O–H groups in total. The fourth-order valence-corrected chi connectivity index (χ4v) is 3.48. The van der Waals surface area contributed by atoms with Crippen LogP contribution in [-0.2, 0) is 22.5 Å². The van der Waals surface area contributed by atoms with Gasteiger partial charge in [0.1, 0.15) is 0 Å². The number of amides is 1. The second kappa shape index (κ2) is 8.08. The van der Waals surface area contributed by atoms with Gasteiger partial charge in [0.15, 0.2) is 0 Å². The lowest BCUT2D eigenvalue weighted by atomic mass is 9.94. The second-order valence-corrected chi connectivity index (χ2v) is 6.40. The largest absolute Gasteiger partial charge is 0.462 e. The number of H-pyrrole nitrogens is 1. The molecule has 1 amide bonds. The Balaban J connectivity index is 2.05. The van der Waals surface area contributed by atoms with E-state index in [1.165, 1.54) is 12.2 Å². The molecular formula is C22H22N2O4. The zero-order chi connectivity index (χ0) is 20.3. The molecule has 0 saturated carbocycles. The molecule has 1 aliphatic heterocycles. The lowest BCUT2D eigenvalue weighted by Crippen LogP contribution is -2.39. The summed E-state index contributed by atoms with van der Waals surface area (Å²) in [6, 6.07) is 5.28. The number of nitrogens with one attached hydrogen (secondary N) is 1. The summed E-state index contributed by atoms with van der Waals surface area (Å²) < 4.78 is 5.09. The summed E-state index contributed by atoms with van der Waals surface area (Å²) in [6.45, 7) is 9.93. The van der Waals surface area contributed by atoms with Crippen LogP contribution < -0.4 is 5.56 Å². The number of para-hydroxylation sites is 1. The molecule has 28 heavy (non-hydrogen) atoms. The summed E-state index contributed by atoms with van der Waals surface area (Å²) in [4.78, 5) is 42.1. The molecule has 3 rings (SSSR count). The molecule has 0 unspecified atom stereocenters. The summed E-state index contributed by atoms with van der Waals surface area (Å²) in [5, 5.41) is 0.804. The molecule has 0 aliphatic carbocycles. The van der Waals surface area contributed by atoms with Gasteiger partial charge in [-0.1, -0.05) is 43.5 Å². The Morgan fingerprint density at radius 2 is 2.07 bits per heavy atom. The van der Waals surface area contributed by atoms with Crippen LogP contribution in [-0.4, -0.2) is 34.9 Å². The molecule has 0 bridgehead atoms. The van der Waals surface area contributed by atoms with Crippen LogP contribution in [0.1, 0.15) is 28.4 Å². The van der Waals surface area contributed by atoms with Gasteiger partial charge in [-0.25, -0.2) is 4.79 Å². The Morgan fingerprint density at radius 3 is 2.75 bits per heavy atom. The SMILES string of the molecule is C=C/C=C(\C=C)C(=O)N1CCc2c(c(=O)[nH]c3c(C(=O)OCC)cccc23)C1. The minimum Gasteiger partial charge on any atom is -0.462 e. The predicted molar refractivity (Wildman–Crippen MR) is 108 cm³/mol. The highest BCUT2D eigenvalue weighted by molar-refractivity contribution is 6.04. The van der Waals surface area contributed by atoms with Gasteiger partial charge in [-0.05, 0) is 25.0 Å². The van der Waals surface area contributed by atoms with Crippen molar-refractivity contribution in [3.63, 3.8) is 0 Å². The predicted octanol–water partition coefficient (Wildman–Crippen LogP) is 2.89. The maximum Gasteiger partial charge on any atom is 0.340 e. The number of carbonyl (C=O) groups excluding carboxylic acids is 2. The first kappa shape index (κ1) is 19.4. The number of rotatable bonds is 5. The van der Waals surface area contributed by atoms with Gasteiger partial charge < -0.3 is 14.6 Å². The first-order chi connectivity index (χ1) is 13.5. The Bertz CT molecular complexity index is 1060. The van der Waals surface area contributed by atoms with Gasteiger partial charge in [0.2, 0.25) is 0 Å². The van der Waals surface area contributed by atoms with Crippen LogP contribution in [0.25, 0.3) is 10.9 Å². The molecular weight excluding hydrogens is 356 g/mol. The summed E-state index contributed by atoms with van der Waals surface area (Å²) in [5.74, 6) is -0.665. The Labute approximate surface area is 162 Å². The van der Waals surface area contributed by atoms with E-state index in [9.17, 15) is 14.4 Å². The number of hydrogen-bond acceptors (Lipinski definition) is 4. The zero-order valence-corrected chi connectivity index (χ0v) is 15.8. The molecule has 2 heterocycles. The molecule has 0 radical (unpaired) electrons. The second-order valence-electron chi connectivity index (χ2n) is 6.40. The Kier molecular flexibility index (Phi) is 5.59. The number of benzene rings is 1. The van der Waals surface area contributed by atoms with Crippen LogP contribution in [0, 0.1) is 0 Å². The number of nitrogens with zero attached hydrogens (tertiary/aromatic N) is 1. The first-order valence-corrected chi connectivity index (χ1v) is 9.10. The molecule has 0 saturated heterocycles. The zero-order valence-electron chi connectivity index (χ0n) is 15.8. The summed E-state index contributed by atoms with van der Waals surface area (Å²) in [5.41, 5.74) is 2.34. The highest BCUT2D eigenvalue weighted by Crippen LogP contribution is 2.27. The third-order valence-corrected chi connectivity index (χ3v) is 4.79. The number of aromatic nitrogens is 1. The van der Waals surface area contributed by atoms with Crippen molar-refractivity contribution < 1.29 is 14.3 Å². The fourth-order valence-electron chi connectivity index (χ4n) is 3.48. The van der Waals surface area contributed by atoms with Crippen molar-refractivity contribution in [2.45, 2.75) is 19.9 Å². The molecule has 1 aromatic heterocycles. The van der Waals surface area contributed by atoms with Crippen molar-refractivity contribution in [1.29, 1.82) is 0 Å². The first-order valence-electron chi connectivity index (χ1n) is 9.10. The number of fused-ring (bicyclic) bond motifs is 3. The van der Waals surface area contributed by atoms with E-state index in [0.717, 1.165) is 10.9 Å². The van der Waals surface area contributed by atoms with Crippen molar-refractivity contribution in [1.82, 2.24) is 9.88 Å². The lowest BCUT2D eigenvalue weighted by Gasteiger charge is -2.29. The number of ether oxygens (including phenoxy) is 1. The van der Waals surface area contributed by atoms with Crippen LogP contribution in [0.4, 0.5) is 0 Å². The van der Waals surface area contributed by atoms with Crippen molar-refractivity contribution in [3.8, 4) is 0 Å². The van der Waals surface area contributed by atoms with E-state index in [2.05, 4.69) is 18.1 Å². The molecule has 2 aromatic rings. The molecule has 0 spiro atoms. The number of aromatic amines is 1. The van der Waals surface area contributed by atoms with Crippen molar-refractivity contribution in [2.75, 3.05) is 13.2 Å². The van der Waals surface area contributed by atoms with Gasteiger partial charge in [-0.2, -0.15) is 0 Å². The van der Waals surface area contributed by atoms with Gasteiger partial charge >= 0.3 is 5.97 Å². The number of allylic oxidation sites excluding steroid dienone is 2. The molecule has 144 valence electrons. The highest BCUT2D eigenvalue weighted by Gasteiger charge is 2.26. The van der Waals surface area contributed by atoms with E-state index in [1.807, 2.05) is 6.07 Å². The Hall–Kier alpha value is -3.41. The van der Waals surface area contributed by atoms with Gasteiger partial charge in [0.05, 0.1) is 24.2 Å². The van der Waals surface area contributed by atoms with Crippen LogP contribution in [0.2, 0.25) is 0 Å². The topological polar surface area (TPSA) is 79.5 Å². The van der Waals surface area contributed by atoms with E-state index in [4.69, 9.17) is 4.74 Å². The van der Waals surface area contributed by atoms with Crippen molar-refractivity contribution >= 4 is 22.8 Å². The van der Waals surface area contributed by atoms with Gasteiger partial charge in [0.25, 0.3) is 11.5 Å². The van der Waals surface area contributed by atoms with Crippen LogP contribution >= 0.6 is 0 Å². The maximum absolute atomic E-state index is 12.7. The molecule has 0 atom stereocenters. The fraction of sp³-hybridized carbons (Fsp3) is 0.227. The number of esters is 1. The van der Waals surface area contributed by atoms with Gasteiger partial charge in [-0.15, -0.1) is 0 Å². The minimum atomic E-state index is -0.471. The molecule has 1 aliphatic rings. The van der Waals surface area contributed by atoms with Crippen molar-refractivity contribution in [3.05, 3.63) is 82.2 Å². The third-order valence-electron chi connectivity index (χ3n) is 4.79. The van der Waals surface area contributed by atoms with Crippen molar-refractivity contribution in [2.24, 2.45) is 0 Å². The number of pyridine rings is 1. The average Bonchev–Trinajstić information content (AvgIpc) is 2.71. The average molecular weight is 378 g/mol. The number of hydrogen-bond donors (Lipinski definition) is 1. The van der Waals surface area contributed by atoms with Crippen LogP contribution in [0.15, 0.2) is 60.0 Å². The molecule has 0 fully saturated rings. The molecule has 1 aromatic carbocycles. The smallest absolute Gasteiger partial charge is 0.340 e. The minimum absolute atomic E-state index is 0.194. The van der Waals surface area contributed by atoms with E-state index >= 15 is 0 Å². The monoisotopic (exact) mass is 378 g/mol. The van der Waals surface area contributed by atoms with Gasteiger partial charge in [0, 0.05) is 23.1 Å². The van der Waals surface area contributed by atoms with E-state index in [0.29, 0.717) is 35.2 Å². The Morgan fingerprint density at radius 1 is 1.29 bits per heavy atom. The lowest BCUT2D eigenvalue weighted by molar-refractivity contribution is -0.127. The molecule has 6 nitrogen and oxygen atoms in total. The third kappa shape index (κ3) is 3.41. The number of carbonyl (C=O) groups is 2. The van der Waals surface area contributed by atoms with Gasteiger partial charge in [-0.3, -0.25) is 9.59 Å². The summed E-state index contributed by atoms with van der Waals surface area (Å²) in [7, 11) is 0. The molecule has 6 heteroatoms. The summed E-state index contributed by atoms with van der Waals surface area (Å²) >= 11 is 0. The van der Waals surface area contributed by atoms with Crippen LogP contribution in [0.3, 0.4) is 0 Å².